The molecule has 0 amide bonds. The molecule has 4 nitrogen and oxygen atoms in total. The summed E-state index contributed by atoms with van der Waals surface area (Å²) in [7, 11) is 0. The van der Waals surface area contributed by atoms with Gasteiger partial charge in [0.05, 0.1) is 0 Å². The first-order valence-corrected chi connectivity index (χ1v) is 4.70. The van der Waals surface area contributed by atoms with Gasteiger partial charge in [-0.15, -0.1) is 0 Å². The summed E-state index contributed by atoms with van der Waals surface area (Å²) in [6.45, 7) is 0.587. The Bertz CT molecular complexity index is 241. The summed E-state index contributed by atoms with van der Waals surface area (Å²) in [6.07, 6.45) is 4.28. The van der Waals surface area contributed by atoms with E-state index in [-0.39, 0.29) is 11.6 Å². The molecule has 1 N–H and O–H groups in total. The normalized spacial score (nSPS) is 22.9. The van der Waals surface area contributed by atoms with Crippen LogP contribution in [-0.2, 0) is 9.63 Å². The average molecular weight is 183 g/mol. The fourth-order valence-corrected chi connectivity index (χ4v) is 1.14. The molecule has 72 valence electrons. The molecule has 0 atom stereocenters. The highest BCUT2D eigenvalue weighted by atomic mass is 16.6. The molecule has 0 bridgehead atoms. The van der Waals surface area contributed by atoms with E-state index in [0.29, 0.717) is 12.5 Å². The summed E-state index contributed by atoms with van der Waals surface area (Å²) in [5, 5.41) is 12.4. The van der Waals surface area contributed by atoms with Crippen LogP contribution in [0.15, 0.2) is 5.16 Å². The minimum absolute atomic E-state index is 0.150. The van der Waals surface area contributed by atoms with E-state index in [9.17, 15) is 4.79 Å². The number of aliphatic carboxylic acids is 1. The fraction of sp³-hybridized carbons (Fsp3) is 0.778. The van der Waals surface area contributed by atoms with Crippen molar-refractivity contribution in [2.24, 2.45) is 17.0 Å². The van der Waals surface area contributed by atoms with Gasteiger partial charge in [0.25, 0.3) is 0 Å². The quantitative estimate of drug-likeness (QED) is 0.515. The smallest absolute Gasteiger partial charge is 0.353 e. The first kappa shape index (κ1) is 8.53. The van der Waals surface area contributed by atoms with Crippen LogP contribution in [0.5, 0.6) is 0 Å². The number of carboxylic acids is 1. The van der Waals surface area contributed by atoms with Gasteiger partial charge < -0.3 is 9.94 Å². The van der Waals surface area contributed by atoms with E-state index >= 15 is 0 Å². The zero-order valence-corrected chi connectivity index (χ0v) is 7.40. The van der Waals surface area contributed by atoms with Crippen molar-refractivity contribution in [1.82, 2.24) is 0 Å². The summed E-state index contributed by atoms with van der Waals surface area (Å²) < 4.78 is 0. The minimum Gasteiger partial charge on any atom is -0.477 e. The monoisotopic (exact) mass is 183 g/mol. The van der Waals surface area contributed by atoms with Crippen molar-refractivity contribution in [3.63, 3.8) is 0 Å². The van der Waals surface area contributed by atoms with Crippen LogP contribution in [-0.4, -0.2) is 23.4 Å². The summed E-state index contributed by atoms with van der Waals surface area (Å²) in [6, 6.07) is 0. The van der Waals surface area contributed by atoms with E-state index in [0.717, 1.165) is 12.8 Å². The Morgan fingerprint density at radius 3 is 2.54 bits per heavy atom. The van der Waals surface area contributed by atoms with Crippen molar-refractivity contribution in [2.75, 3.05) is 6.61 Å². The molecule has 0 unspecified atom stereocenters. The second-order valence-corrected chi connectivity index (χ2v) is 3.80. The van der Waals surface area contributed by atoms with Crippen molar-refractivity contribution in [3.05, 3.63) is 0 Å². The lowest BCUT2D eigenvalue weighted by Crippen LogP contribution is -2.15. The van der Waals surface area contributed by atoms with E-state index in [1.165, 1.54) is 12.8 Å². The van der Waals surface area contributed by atoms with Crippen LogP contribution >= 0.6 is 0 Å². The molecule has 0 saturated heterocycles. The third-order valence-corrected chi connectivity index (χ3v) is 2.35. The summed E-state index contributed by atoms with van der Waals surface area (Å²) in [4.78, 5) is 15.7. The lowest BCUT2D eigenvalue weighted by Gasteiger charge is -1.99. The second kappa shape index (κ2) is 3.36. The van der Waals surface area contributed by atoms with Gasteiger partial charge in [-0.2, -0.15) is 0 Å². The van der Waals surface area contributed by atoms with Gasteiger partial charge in [0.2, 0.25) is 0 Å². The van der Waals surface area contributed by atoms with E-state index < -0.39 is 5.97 Å². The number of carboxylic acid groups (broad SMARTS) is 1. The number of nitrogens with zero attached hydrogens (tertiary/aromatic N) is 1. The van der Waals surface area contributed by atoms with Gasteiger partial charge in [-0.1, -0.05) is 5.16 Å². The molecule has 0 spiro atoms. The van der Waals surface area contributed by atoms with E-state index in [1.807, 2.05) is 0 Å². The Labute approximate surface area is 76.6 Å². The summed E-state index contributed by atoms with van der Waals surface area (Å²) in [5.74, 6) is -0.159. The zero-order chi connectivity index (χ0) is 9.26. The molecule has 2 aliphatic carbocycles. The van der Waals surface area contributed by atoms with Crippen LogP contribution in [0.25, 0.3) is 0 Å². The highest BCUT2D eigenvalue weighted by Gasteiger charge is 2.33. The highest BCUT2D eigenvalue weighted by molar-refractivity contribution is 6.36. The van der Waals surface area contributed by atoms with Gasteiger partial charge in [0.1, 0.15) is 6.61 Å². The molecule has 2 rings (SSSR count). The van der Waals surface area contributed by atoms with Crippen molar-refractivity contribution in [2.45, 2.75) is 25.7 Å². The van der Waals surface area contributed by atoms with Gasteiger partial charge in [0, 0.05) is 5.92 Å². The molecule has 0 aromatic heterocycles. The molecule has 0 radical (unpaired) electrons. The topological polar surface area (TPSA) is 58.9 Å². The van der Waals surface area contributed by atoms with E-state index in [1.54, 1.807) is 0 Å². The maximum Gasteiger partial charge on any atom is 0.353 e. The van der Waals surface area contributed by atoms with Crippen molar-refractivity contribution >= 4 is 11.7 Å². The number of hydrogen-bond acceptors (Lipinski definition) is 3. The van der Waals surface area contributed by atoms with E-state index in [4.69, 9.17) is 9.94 Å². The predicted octanol–water partition coefficient (Wildman–Crippen LogP) is 1.26. The van der Waals surface area contributed by atoms with Crippen molar-refractivity contribution < 1.29 is 14.7 Å². The Morgan fingerprint density at radius 1 is 1.38 bits per heavy atom. The molecular formula is C9H13NO3. The number of hydrogen-bond donors (Lipinski definition) is 1. The second-order valence-electron chi connectivity index (χ2n) is 3.80. The molecule has 13 heavy (non-hydrogen) atoms. The Kier molecular flexibility index (Phi) is 2.20. The van der Waals surface area contributed by atoms with Gasteiger partial charge >= 0.3 is 5.97 Å². The Balaban J connectivity index is 1.81. The molecule has 2 aliphatic rings. The molecular weight excluding hydrogens is 170 g/mol. The third kappa shape index (κ3) is 2.44. The average Bonchev–Trinajstić information content (AvgIpc) is 2.90. The lowest BCUT2D eigenvalue weighted by molar-refractivity contribution is -0.129. The maximum atomic E-state index is 10.7. The Hall–Kier alpha value is -1.06. The van der Waals surface area contributed by atoms with Gasteiger partial charge in [-0.25, -0.2) is 4.79 Å². The van der Waals surface area contributed by atoms with Crippen LogP contribution in [0.1, 0.15) is 25.7 Å². The van der Waals surface area contributed by atoms with E-state index in [2.05, 4.69) is 5.16 Å². The molecule has 0 aromatic carbocycles. The van der Waals surface area contributed by atoms with Crippen LogP contribution in [0, 0.1) is 11.8 Å². The molecule has 0 heterocycles. The highest BCUT2D eigenvalue weighted by Crippen LogP contribution is 2.32. The first-order valence-electron chi connectivity index (χ1n) is 4.70. The largest absolute Gasteiger partial charge is 0.477 e. The minimum atomic E-state index is -0.932. The number of oxime groups is 1. The van der Waals surface area contributed by atoms with Gasteiger partial charge in [-0.05, 0) is 31.6 Å². The molecule has 2 fully saturated rings. The molecule has 0 aliphatic heterocycles. The van der Waals surface area contributed by atoms with Crippen molar-refractivity contribution in [3.8, 4) is 0 Å². The molecule has 4 heteroatoms. The summed E-state index contributed by atoms with van der Waals surface area (Å²) >= 11 is 0. The van der Waals surface area contributed by atoms with Crippen LogP contribution in [0.2, 0.25) is 0 Å². The zero-order valence-electron chi connectivity index (χ0n) is 7.40. The van der Waals surface area contributed by atoms with Gasteiger partial charge in [0.15, 0.2) is 5.71 Å². The third-order valence-electron chi connectivity index (χ3n) is 2.35. The first-order chi connectivity index (χ1) is 6.27. The molecule has 2 saturated carbocycles. The summed E-state index contributed by atoms with van der Waals surface area (Å²) in [5.41, 5.74) is 0.209. The SMILES string of the molecule is O=C(O)C(=NOCC1CC1)C1CC1. The standard InChI is InChI=1S/C9H13NO3/c11-9(12)8(7-3-4-7)10-13-5-6-1-2-6/h6-7H,1-5H2,(H,11,12). The maximum absolute atomic E-state index is 10.7. The number of rotatable bonds is 5. The van der Waals surface area contributed by atoms with Crippen LogP contribution in [0.3, 0.4) is 0 Å². The lowest BCUT2D eigenvalue weighted by atomic mass is 10.2. The predicted molar refractivity (Wildman–Crippen MR) is 46.5 cm³/mol. The van der Waals surface area contributed by atoms with Crippen LogP contribution in [0.4, 0.5) is 0 Å². The number of carbonyl (C=O) groups is 1. The fourth-order valence-electron chi connectivity index (χ4n) is 1.14. The Morgan fingerprint density at radius 2 is 2.08 bits per heavy atom. The van der Waals surface area contributed by atoms with Crippen LogP contribution < -0.4 is 0 Å². The van der Waals surface area contributed by atoms with Crippen molar-refractivity contribution in [1.29, 1.82) is 0 Å². The molecule has 0 aromatic rings. The van der Waals surface area contributed by atoms with Gasteiger partial charge in [-0.3, -0.25) is 0 Å².